The number of nitrogens with one attached hydrogen (secondary N) is 1. The van der Waals surface area contributed by atoms with Crippen molar-refractivity contribution in [3.05, 3.63) is 57.3 Å². The van der Waals surface area contributed by atoms with Crippen LogP contribution in [0, 0.1) is 6.92 Å². The van der Waals surface area contributed by atoms with Crippen molar-refractivity contribution in [2.75, 3.05) is 13.7 Å². The predicted molar refractivity (Wildman–Crippen MR) is 88.0 cm³/mol. The molecule has 0 saturated heterocycles. The van der Waals surface area contributed by atoms with Gasteiger partial charge in [0, 0.05) is 6.54 Å². The highest BCUT2D eigenvalue weighted by Gasteiger charge is 2.13. The summed E-state index contributed by atoms with van der Waals surface area (Å²) in [6.07, 6.45) is 0.648. The molecule has 6 heteroatoms. The summed E-state index contributed by atoms with van der Waals surface area (Å²) >= 11 is 11.7. The average Bonchev–Trinajstić information content (AvgIpc) is 2.50. The van der Waals surface area contributed by atoms with E-state index in [-0.39, 0.29) is 21.8 Å². The Kier molecular flexibility index (Phi) is 5.63. The first-order valence-corrected chi connectivity index (χ1v) is 7.50. The summed E-state index contributed by atoms with van der Waals surface area (Å²) in [5.74, 6) is 0.456. The van der Waals surface area contributed by atoms with Crippen molar-refractivity contribution in [2.45, 2.75) is 13.3 Å². The maximum atomic E-state index is 12.1. The molecule has 0 bridgehead atoms. The number of pyridine rings is 1. The van der Waals surface area contributed by atoms with E-state index in [1.165, 1.54) is 6.07 Å². The van der Waals surface area contributed by atoms with Crippen molar-refractivity contribution >= 4 is 29.1 Å². The topological polar surface area (TPSA) is 51.2 Å². The monoisotopic (exact) mass is 338 g/mol. The van der Waals surface area contributed by atoms with Gasteiger partial charge in [-0.1, -0.05) is 40.9 Å². The maximum absolute atomic E-state index is 12.1. The number of aromatic nitrogens is 1. The Bertz CT molecular complexity index is 690. The number of carbonyl (C=O) groups excluding carboxylic acids is 1. The van der Waals surface area contributed by atoms with Gasteiger partial charge in [-0.15, -0.1) is 0 Å². The van der Waals surface area contributed by atoms with Crippen LogP contribution >= 0.6 is 23.2 Å². The second kappa shape index (κ2) is 7.47. The van der Waals surface area contributed by atoms with Crippen LogP contribution in [0.3, 0.4) is 0 Å². The van der Waals surface area contributed by atoms with Gasteiger partial charge in [0.1, 0.15) is 16.6 Å². The van der Waals surface area contributed by atoms with Gasteiger partial charge in [-0.3, -0.25) is 4.79 Å². The zero-order valence-electron chi connectivity index (χ0n) is 12.3. The lowest BCUT2D eigenvalue weighted by Gasteiger charge is -2.10. The third-order valence-corrected chi connectivity index (χ3v) is 3.66. The normalized spacial score (nSPS) is 10.4. The molecule has 1 heterocycles. The number of methoxy groups -OCH3 is 1. The molecule has 0 atom stereocenters. The number of rotatable bonds is 5. The Morgan fingerprint density at radius 3 is 2.77 bits per heavy atom. The molecule has 0 radical (unpaired) electrons. The van der Waals surface area contributed by atoms with Gasteiger partial charge < -0.3 is 10.1 Å². The lowest BCUT2D eigenvalue weighted by Crippen LogP contribution is -2.27. The molecule has 1 aromatic heterocycles. The first-order chi connectivity index (χ1) is 10.5. The molecule has 2 rings (SSSR count). The highest BCUT2D eigenvalue weighted by molar-refractivity contribution is 6.34. The molecule has 0 aliphatic heterocycles. The Labute approximate surface area is 139 Å². The number of hydrogen-bond donors (Lipinski definition) is 1. The van der Waals surface area contributed by atoms with Crippen LogP contribution in [-0.4, -0.2) is 24.5 Å². The maximum Gasteiger partial charge on any atom is 0.271 e. The van der Waals surface area contributed by atoms with Crippen LogP contribution in [-0.2, 0) is 6.42 Å². The molecule has 0 fully saturated rings. The summed E-state index contributed by atoms with van der Waals surface area (Å²) in [6.45, 7) is 2.46. The number of amides is 1. The van der Waals surface area contributed by atoms with Crippen molar-refractivity contribution in [3.8, 4) is 5.75 Å². The molecule has 0 aliphatic carbocycles. The summed E-state index contributed by atoms with van der Waals surface area (Å²) in [4.78, 5) is 16.0. The molecule has 0 unspecified atom stereocenters. The molecule has 22 heavy (non-hydrogen) atoms. The highest BCUT2D eigenvalue weighted by atomic mass is 35.5. The van der Waals surface area contributed by atoms with Crippen molar-refractivity contribution in [2.24, 2.45) is 0 Å². The first-order valence-electron chi connectivity index (χ1n) is 6.75. The van der Waals surface area contributed by atoms with Crippen LogP contribution in [0.4, 0.5) is 0 Å². The van der Waals surface area contributed by atoms with Gasteiger partial charge in [0.05, 0.1) is 12.1 Å². The number of nitrogens with zero attached hydrogens (tertiary/aromatic N) is 1. The Morgan fingerprint density at radius 2 is 2.05 bits per heavy atom. The van der Waals surface area contributed by atoms with Crippen LogP contribution in [0.25, 0.3) is 0 Å². The summed E-state index contributed by atoms with van der Waals surface area (Å²) in [5, 5.41) is 3.29. The van der Waals surface area contributed by atoms with Crippen LogP contribution in [0.15, 0.2) is 30.3 Å². The number of carbonyl (C=O) groups is 1. The smallest absolute Gasteiger partial charge is 0.271 e. The van der Waals surface area contributed by atoms with Gasteiger partial charge in [0.15, 0.2) is 0 Å². The molecule has 0 saturated carbocycles. The van der Waals surface area contributed by atoms with E-state index < -0.39 is 0 Å². The molecular formula is C16H16Cl2N2O2. The van der Waals surface area contributed by atoms with E-state index >= 15 is 0 Å². The second-order valence-corrected chi connectivity index (χ2v) is 5.58. The van der Waals surface area contributed by atoms with Crippen LogP contribution < -0.4 is 10.1 Å². The Balaban J connectivity index is 2.00. The van der Waals surface area contributed by atoms with Crippen molar-refractivity contribution in [3.63, 3.8) is 0 Å². The molecule has 2 aromatic rings. The standard InChI is InChI=1S/C16H16Cl2N2O2/c1-10-3-5-13(22-2)11(9-10)7-8-19-16(21)15-12(17)4-6-14(18)20-15/h3-6,9H,7-8H2,1-2H3,(H,19,21). The van der Waals surface area contributed by atoms with Gasteiger partial charge in [0.25, 0.3) is 5.91 Å². The van der Waals surface area contributed by atoms with Gasteiger partial charge in [-0.25, -0.2) is 4.98 Å². The zero-order valence-corrected chi connectivity index (χ0v) is 13.8. The molecule has 1 aromatic carbocycles. The third-order valence-electron chi connectivity index (χ3n) is 3.14. The van der Waals surface area contributed by atoms with Crippen LogP contribution in [0.1, 0.15) is 21.6 Å². The fraction of sp³-hybridized carbons (Fsp3) is 0.250. The minimum atomic E-state index is -0.348. The van der Waals surface area contributed by atoms with Crippen molar-refractivity contribution < 1.29 is 9.53 Å². The number of aryl methyl sites for hydroxylation is 1. The van der Waals surface area contributed by atoms with E-state index in [2.05, 4.69) is 10.3 Å². The fourth-order valence-electron chi connectivity index (χ4n) is 2.07. The molecule has 0 spiro atoms. The van der Waals surface area contributed by atoms with Crippen LogP contribution in [0.5, 0.6) is 5.75 Å². The molecule has 0 aliphatic rings. The van der Waals surface area contributed by atoms with Gasteiger partial charge in [0.2, 0.25) is 0 Å². The minimum Gasteiger partial charge on any atom is -0.496 e. The van der Waals surface area contributed by atoms with E-state index in [1.54, 1.807) is 13.2 Å². The summed E-state index contributed by atoms with van der Waals surface area (Å²) in [6, 6.07) is 9.03. The van der Waals surface area contributed by atoms with Gasteiger partial charge in [-0.2, -0.15) is 0 Å². The van der Waals surface area contributed by atoms with E-state index in [1.807, 2.05) is 25.1 Å². The molecule has 1 amide bonds. The highest BCUT2D eigenvalue weighted by Crippen LogP contribution is 2.20. The zero-order chi connectivity index (χ0) is 16.1. The van der Waals surface area contributed by atoms with E-state index in [0.29, 0.717) is 13.0 Å². The molecule has 116 valence electrons. The van der Waals surface area contributed by atoms with Crippen molar-refractivity contribution in [1.29, 1.82) is 0 Å². The number of benzene rings is 1. The second-order valence-electron chi connectivity index (χ2n) is 4.79. The fourth-order valence-corrected chi connectivity index (χ4v) is 2.41. The number of halogens is 2. The van der Waals surface area contributed by atoms with E-state index in [0.717, 1.165) is 16.9 Å². The van der Waals surface area contributed by atoms with Crippen LogP contribution in [0.2, 0.25) is 10.2 Å². The lowest BCUT2D eigenvalue weighted by molar-refractivity contribution is 0.0949. The lowest BCUT2D eigenvalue weighted by atomic mass is 10.1. The molecular weight excluding hydrogens is 323 g/mol. The first kappa shape index (κ1) is 16.6. The summed E-state index contributed by atoms with van der Waals surface area (Å²) in [5.41, 5.74) is 2.31. The Morgan fingerprint density at radius 1 is 1.27 bits per heavy atom. The predicted octanol–water partition coefficient (Wildman–Crippen LogP) is 3.68. The number of hydrogen-bond acceptors (Lipinski definition) is 3. The van der Waals surface area contributed by atoms with Crippen molar-refractivity contribution in [1.82, 2.24) is 10.3 Å². The summed E-state index contributed by atoms with van der Waals surface area (Å²) in [7, 11) is 1.63. The van der Waals surface area contributed by atoms with Gasteiger partial charge in [-0.05, 0) is 37.1 Å². The third kappa shape index (κ3) is 4.12. The number of ether oxygens (including phenoxy) is 1. The van der Waals surface area contributed by atoms with Gasteiger partial charge >= 0.3 is 0 Å². The average molecular weight is 339 g/mol. The molecule has 4 nitrogen and oxygen atoms in total. The summed E-state index contributed by atoms with van der Waals surface area (Å²) < 4.78 is 5.31. The molecule has 1 N–H and O–H groups in total. The van der Waals surface area contributed by atoms with E-state index in [9.17, 15) is 4.79 Å². The van der Waals surface area contributed by atoms with E-state index in [4.69, 9.17) is 27.9 Å². The quantitative estimate of drug-likeness (QED) is 0.846. The SMILES string of the molecule is COc1ccc(C)cc1CCNC(=O)c1nc(Cl)ccc1Cl. The largest absolute Gasteiger partial charge is 0.496 e. The minimum absolute atomic E-state index is 0.130. The Hall–Kier alpha value is -1.78.